The van der Waals surface area contributed by atoms with Gasteiger partial charge >= 0.3 is 0 Å². The highest BCUT2D eigenvalue weighted by molar-refractivity contribution is 5.38. The molecular weight excluding hydrogens is 226 g/mol. The van der Waals surface area contributed by atoms with Crippen LogP contribution < -0.4 is 10.1 Å². The summed E-state index contributed by atoms with van der Waals surface area (Å²) >= 11 is 0. The van der Waals surface area contributed by atoms with Gasteiger partial charge in [-0.25, -0.2) is 0 Å². The van der Waals surface area contributed by atoms with E-state index in [2.05, 4.69) is 29.2 Å². The van der Waals surface area contributed by atoms with Crippen LogP contribution in [-0.2, 0) is 0 Å². The molecule has 2 unspecified atom stereocenters. The molecular formula is C14H23N3O. The van der Waals surface area contributed by atoms with Crippen molar-refractivity contribution in [3.63, 3.8) is 0 Å². The fourth-order valence-electron chi connectivity index (χ4n) is 2.48. The molecule has 0 aliphatic carbocycles. The third kappa shape index (κ3) is 3.35. The summed E-state index contributed by atoms with van der Waals surface area (Å²) < 4.78 is 5.42. The first-order valence-corrected chi connectivity index (χ1v) is 6.74. The zero-order valence-electron chi connectivity index (χ0n) is 11.5. The van der Waals surface area contributed by atoms with Gasteiger partial charge < -0.3 is 15.0 Å². The van der Waals surface area contributed by atoms with Gasteiger partial charge in [0, 0.05) is 18.7 Å². The molecule has 0 bridgehead atoms. The second-order valence-corrected chi connectivity index (χ2v) is 5.07. The van der Waals surface area contributed by atoms with Crippen molar-refractivity contribution in [3.8, 4) is 5.88 Å². The average Bonchev–Trinajstić information content (AvgIpc) is 2.34. The van der Waals surface area contributed by atoms with Crippen LogP contribution in [0.15, 0.2) is 18.2 Å². The maximum atomic E-state index is 5.42. The molecule has 1 fully saturated rings. The normalized spacial score (nSPS) is 24.8. The number of hydrogen-bond acceptors (Lipinski definition) is 4. The SMILES string of the molecule is CCOc1cccc(NC2CCN(C)CC2C)n1. The average molecular weight is 249 g/mol. The van der Waals surface area contributed by atoms with Gasteiger partial charge in [0.05, 0.1) is 6.61 Å². The van der Waals surface area contributed by atoms with Crippen molar-refractivity contribution >= 4 is 5.82 Å². The van der Waals surface area contributed by atoms with Crippen LogP contribution in [0.2, 0.25) is 0 Å². The number of pyridine rings is 1. The molecule has 4 heteroatoms. The fraction of sp³-hybridized carbons (Fsp3) is 0.643. The van der Waals surface area contributed by atoms with Crippen LogP contribution >= 0.6 is 0 Å². The molecule has 2 rings (SSSR count). The number of rotatable bonds is 4. The van der Waals surface area contributed by atoms with E-state index < -0.39 is 0 Å². The van der Waals surface area contributed by atoms with Crippen molar-refractivity contribution in [2.75, 3.05) is 32.1 Å². The first kappa shape index (κ1) is 13.1. The summed E-state index contributed by atoms with van der Waals surface area (Å²) in [4.78, 5) is 6.84. The molecule has 1 aromatic rings. The molecule has 2 atom stereocenters. The third-order valence-corrected chi connectivity index (χ3v) is 3.46. The molecule has 0 amide bonds. The second kappa shape index (κ2) is 6.05. The second-order valence-electron chi connectivity index (χ2n) is 5.07. The number of anilines is 1. The molecule has 0 spiro atoms. The summed E-state index contributed by atoms with van der Waals surface area (Å²) in [6.45, 7) is 7.21. The van der Waals surface area contributed by atoms with E-state index in [1.807, 2.05) is 25.1 Å². The van der Waals surface area contributed by atoms with E-state index in [4.69, 9.17) is 4.74 Å². The van der Waals surface area contributed by atoms with Crippen molar-refractivity contribution in [2.45, 2.75) is 26.3 Å². The predicted molar refractivity (Wildman–Crippen MR) is 74.1 cm³/mol. The third-order valence-electron chi connectivity index (χ3n) is 3.46. The van der Waals surface area contributed by atoms with E-state index in [1.54, 1.807) is 0 Å². The van der Waals surface area contributed by atoms with Crippen molar-refractivity contribution in [2.24, 2.45) is 5.92 Å². The van der Waals surface area contributed by atoms with E-state index in [1.165, 1.54) is 0 Å². The van der Waals surface area contributed by atoms with Gasteiger partial charge in [0.1, 0.15) is 5.82 Å². The van der Waals surface area contributed by atoms with Crippen LogP contribution in [0.1, 0.15) is 20.3 Å². The van der Waals surface area contributed by atoms with E-state index >= 15 is 0 Å². The number of likely N-dealkylation sites (tertiary alicyclic amines) is 1. The topological polar surface area (TPSA) is 37.4 Å². The Morgan fingerprint density at radius 1 is 1.50 bits per heavy atom. The lowest BCUT2D eigenvalue weighted by Crippen LogP contribution is -2.43. The Morgan fingerprint density at radius 2 is 2.33 bits per heavy atom. The number of hydrogen-bond donors (Lipinski definition) is 1. The zero-order chi connectivity index (χ0) is 13.0. The Labute approximate surface area is 109 Å². The molecule has 1 saturated heterocycles. The van der Waals surface area contributed by atoms with Crippen molar-refractivity contribution in [3.05, 3.63) is 18.2 Å². The van der Waals surface area contributed by atoms with Gasteiger partial charge in [-0.15, -0.1) is 0 Å². The van der Waals surface area contributed by atoms with Gasteiger partial charge in [0.2, 0.25) is 5.88 Å². The minimum Gasteiger partial charge on any atom is -0.478 e. The number of ether oxygens (including phenoxy) is 1. The van der Waals surface area contributed by atoms with Crippen molar-refractivity contribution in [1.82, 2.24) is 9.88 Å². The lowest BCUT2D eigenvalue weighted by atomic mass is 9.94. The summed E-state index contributed by atoms with van der Waals surface area (Å²) in [6.07, 6.45) is 1.16. The first-order chi connectivity index (χ1) is 8.69. The predicted octanol–water partition coefficient (Wildman–Crippen LogP) is 2.23. The van der Waals surface area contributed by atoms with Crippen LogP contribution in [0.3, 0.4) is 0 Å². The summed E-state index contributed by atoms with van der Waals surface area (Å²) in [7, 11) is 2.18. The molecule has 2 heterocycles. The highest BCUT2D eigenvalue weighted by Gasteiger charge is 2.24. The van der Waals surface area contributed by atoms with Gasteiger partial charge in [-0.05, 0) is 38.9 Å². The van der Waals surface area contributed by atoms with Crippen LogP contribution in [-0.4, -0.2) is 42.7 Å². The van der Waals surface area contributed by atoms with Gasteiger partial charge in [-0.3, -0.25) is 0 Å². The Hall–Kier alpha value is -1.29. The number of nitrogens with one attached hydrogen (secondary N) is 1. The number of piperidine rings is 1. The zero-order valence-corrected chi connectivity index (χ0v) is 11.5. The van der Waals surface area contributed by atoms with Gasteiger partial charge in [-0.1, -0.05) is 13.0 Å². The smallest absolute Gasteiger partial charge is 0.215 e. The minimum atomic E-state index is 0.505. The Morgan fingerprint density at radius 3 is 3.06 bits per heavy atom. The van der Waals surface area contributed by atoms with Crippen LogP contribution in [0.25, 0.3) is 0 Å². The van der Waals surface area contributed by atoms with E-state index in [0.717, 1.165) is 25.3 Å². The Bertz CT molecular complexity index is 383. The van der Waals surface area contributed by atoms with Crippen molar-refractivity contribution < 1.29 is 4.74 Å². The van der Waals surface area contributed by atoms with E-state index in [9.17, 15) is 0 Å². The molecule has 4 nitrogen and oxygen atoms in total. The molecule has 1 aliphatic heterocycles. The molecule has 1 aliphatic rings. The molecule has 1 N–H and O–H groups in total. The summed E-state index contributed by atoms with van der Waals surface area (Å²) in [5, 5.41) is 3.53. The minimum absolute atomic E-state index is 0.505. The summed E-state index contributed by atoms with van der Waals surface area (Å²) in [5.41, 5.74) is 0. The van der Waals surface area contributed by atoms with Crippen LogP contribution in [0.4, 0.5) is 5.82 Å². The molecule has 18 heavy (non-hydrogen) atoms. The van der Waals surface area contributed by atoms with Crippen molar-refractivity contribution in [1.29, 1.82) is 0 Å². The summed E-state index contributed by atoms with van der Waals surface area (Å²) in [5.74, 6) is 2.26. The summed E-state index contributed by atoms with van der Waals surface area (Å²) in [6, 6.07) is 6.39. The lowest BCUT2D eigenvalue weighted by molar-refractivity contribution is 0.206. The molecule has 100 valence electrons. The van der Waals surface area contributed by atoms with E-state index in [-0.39, 0.29) is 0 Å². The maximum absolute atomic E-state index is 5.42. The number of nitrogens with zero attached hydrogens (tertiary/aromatic N) is 2. The Kier molecular flexibility index (Phi) is 4.42. The van der Waals surface area contributed by atoms with E-state index in [0.29, 0.717) is 24.4 Å². The van der Waals surface area contributed by atoms with Gasteiger partial charge in [0.25, 0.3) is 0 Å². The molecule has 0 radical (unpaired) electrons. The van der Waals surface area contributed by atoms with Gasteiger partial charge in [0.15, 0.2) is 0 Å². The fourth-order valence-corrected chi connectivity index (χ4v) is 2.48. The first-order valence-electron chi connectivity index (χ1n) is 6.74. The van der Waals surface area contributed by atoms with Crippen LogP contribution in [0, 0.1) is 5.92 Å². The highest BCUT2D eigenvalue weighted by atomic mass is 16.5. The monoisotopic (exact) mass is 249 g/mol. The standard InChI is InChI=1S/C14H23N3O/c1-4-18-14-7-5-6-13(16-14)15-12-8-9-17(3)10-11(12)2/h5-7,11-12H,4,8-10H2,1-3H3,(H,15,16). The quantitative estimate of drug-likeness (QED) is 0.888. The molecule has 1 aromatic heterocycles. The molecule has 0 aromatic carbocycles. The maximum Gasteiger partial charge on any atom is 0.215 e. The van der Waals surface area contributed by atoms with Gasteiger partial charge in [-0.2, -0.15) is 4.98 Å². The highest BCUT2D eigenvalue weighted by Crippen LogP contribution is 2.20. The van der Waals surface area contributed by atoms with Crippen LogP contribution in [0.5, 0.6) is 5.88 Å². The Balaban J connectivity index is 1.98. The molecule has 0 saturated carbocycles. The largest absolute Gasteiger partial charge is 0.478 e. The lowest BCUT2D eigenvalue weighted by Gasteiger charge is -2.35. The number of aromatic nitrogens is 1.